The van der Waals surface area contributed by atoms with Crippen LogP contribution in [0, 0.1) is 69.5 Å². The minimum Gasteiger partial charge on any atom is -0.337 e. The summed E-state index contributed by atoms with van der Waals surface area (Å²) in [5.74, 6) is 14.3. The Kier molecular flexibility index (Phi) is 6.74. The smallest absolute Gasteiger partial charge is 0.226 e. The number of aromatic nitrogens is 2. The van der Waals surface area contributed by atoms with Crippen LogP contribution in [0.2, 0.25) is 11.0 Å². The van der Waals surface area contributed by atoms with Gasteiger partial charge in [-0.2, -0.15) is 0 Å². The molecule has 6 aliphatic heterocycles. The van der Waals surface area contributed by atoms with Crippen LogP contribution >= 0.6 is 0 Å². The summed E-state index contributed by atoms with van der Waals surface area (Å²) in [5, 5.41) is 18.4. The summed E-state index contributed by atoms with van der Waals surface area (Å²) in [7, 11) is 15.7. The summed E-state index contributed by atoms with van der Waals surface area (Å²) in [6.07, 6.45) is 29.7. The molecule has 0 amide bonds. The molecular formula is C59H77B3N8. The Morgan fingerprint density at radius 3 is 1.24 bits per heavy atom. The van der Waals surface area contributed by atoms with Crippen molar-refractivity contribution in [3.05, 3.63) is 22.5 Å². The lowest BCUT2D eigenvalue weighted by molar-refractivity contribution is 0.00275. The molecule has 15 aliphatic carbocycles. The zero-order valence-electron chi connectivity index (χ0n) is 42.5. The van der Waals surface area contributed by atoms with Gasteiger partial charge in [0.05, 0.1) is 15.7 Å². The molecule has 13 fully saturated rings. The monoisotopic (exact) mass is 931 g/mol. The molecule has 0 aromatic carbocycles. The van der Waals surface area contributed by atoms with Gasteiger partial charge in [-0.25, -0.2) is 0 Å². The van der Waals surface area contributed by atoms with Gasteiger partial charge in [-0.3, -0.25) is 21.3 Å². The third kappa shape index (κ3) is 4.00. The van der Waals surface area contributed by atoms with Crippen molar-refractivity contribution in [2.75, 3.05) is 9.80 Å². The first-order chi connectivity index (χ1) is 34.0. The predicted molar refractivity (Wildman–Crippen MR) is 277 cm³/mol. The number of hydrogen-bond donors (Lipinski definition) is 4. The van der Waals surface area contributed by atoms with Crippen molar-refractivity contribution < 1.29 is 0 Å². The Morgan fingerprint density at radius 2 is 0.857 bits per heavy atom. The molecule has 20 unspecified atom stereocenters. The van der Waals surface area contributed by atoms with E-state index in [4.69, 9.17) is 37.0 Å². The Morgan fingerprint density at radius 1 is 0.486 bits per heavy atom. The van der Waals surface area contributed by atoms with E-state index < -0.39 is 5.21 Å². The lowest BCUT2D eigenvalue weighted by atomic mass is 9.25. The van der Waals surface area contributed by atoms with Crippen LogP contribution in [0.1, 0.15) is 208 Å². The van der Waals surface area contributed by atoms with E-state index in [1.807, 2.05) is 33.4 Å². The molecule has 8 nitrogen and oxygen atoms in total. The van der Waals surface area contributed by atoms with Crippen molar-refractivity contribution in [2.45, 2.75) is 245 Å². The van der Waals surface area contributed by atoms with Crippen molar-refractivity contribution in [1.29, 1.82) is 0 Å². The summed E-state index contributed by atoms with van der Waals surface area (Å²) in [6, 6.07) is 3.13. The highest BCUT2D eigenvalue weighted by atomic mass is 15.5. The summed E-state index contributed by atoms with van der Waals surface area (Å²) in [4.78, 5) is 6.38. The minimum atomic E-state index is -0.779. The van der Waals surface area contributed by atoms with Gasteiger partial charge in [-0.15, -0.1) is 0 Å². The van der Waals surface area contributed by atoms with Gasteiger partial charge in [0, 0.05) is 47.6 Å². The molecule has 11 saturated carbocycles. The molecule has 20 atom stereocenters. The number of fused-ring (bicyclic) bond motifs is 24. The van der Waals surface area contributed by atoms with Crippen LogP contribution in [-0.2, 0) is 0 Å². The van der Waals surface area contributed by atoms with E-state index in [1.54, 1.807) is 11.6 Å². The normalized spacial score (nSPS) is 56.4. The molecule has 21 aliphatic rings. The third-order valence-corrected chi connectivity index (χ3v) is 29.1. The van der Waals surface area contributed by atoms with E-state index in [9.17, 15) is 0 Å². The molecule has 4 radical (unpaired) electrons. The third-order valence-electron chi connectivity index (χ3n) is 29.1. The van der Waals surface area contributed by atoms with E-state index >= 15 is 0 Å². The molecule has 11 heteroatoms. The molecule has 2 saturated heterocycles. The van der Waals surface area contributed by atoms with E-state index in [-0.39, 0.29) is 23.7 Å². The Labute approximate surface area is 420 Å². The van der Waals surface area contributed by atoms with Crippen LogP contribution in [0.5, 0.6) is 0 Å². The molecular weight excluding hydrogens is 853 g/mol. The molecule has 70 heavy (non-hydrogen) atoms. The van der Waals surface area contributed by atoms with Crippen molar-refractivity contribution in [3.63, 3.8) is 0 Å². The fraction of sp³-hybridized carbons (Fsp3) is 0.864. The fourth-order valence-electron chi connectivity index (χ4n) is 26.6. The zero-order chi connectivity index (χ0) is 45.3. The topological polar surface area (TPSA) is 64.5 Å². The second-order valence-electron chi connectivity index (χ2n) is 31.3. The SMILES string of the molecule is [B]C([B])(C1CC2C3B(c4c5c(n6c4N2C2NC4C7CC8CC9CC(CC89C7)C4NC26)C2CCC5CC2)c2c4c(n5c2N(C3C1)C1NC2C3CC6CC7CC(CC67C3)C2NC15)C1CCC4CC1)C(C)(C)C. The van der Waals surface area contributed by atoms with Gasteiger partial charge in [0.15, 0.2) is 0 Å². The largest absolute Gasteiger partial charge is 0.337 e. The minimum absolute atomic E-state index is 0.213. The van der Waals surface area contributed by atoms with E-state index in [0.29, 0.717) is 83.8 Å². The number of nitrogens with zero attached hydrogens (tertiary/aromatic N) is 4. The number of hydrogen-bond acceptors (Lipinski definition) is 6. The van der Waals surface area contributed by atoms with Gasteiger partial charge in [-0.05, 0) is 249 Å². The number of nitrogens with one attached hydrogen (secondary N) is 4. The van der Waals surface area contributed by atoms with Crippen LogP contribution in [0.3, 0.4) is 0 Å². The Bertz CT molecular complexity index is 2610. The fourth-order valence-corrected chi connectivity index (χ4v) is 26.6. The van der Waals surface area contributed by atoms with Crippen LogP contribution in [0.25, 0.3) is 0 Å². The zero-order valence-corrected chi connectivity index (χ0v) is 42.5. The van der Waals surface area contributed by atoms with Gasteiger partial charge < -0.3 is 18.9 Å². The molecule has 10 bridgehead atoms. The highest BCUT2D eigenvalue weighted by Gasteiger charge is 2.74. The van der Waals surface area contributed by atoms with Gasteiger partial charge in [-0.1, -0.05) is 26.0 Å². The van der Waals surface area contributed by atoms with Crippen LogP contribution in [-0.4, -0.2) is 80.1 Å². The number of piperazine rings is 2. The van der Waals surface area contributed by atoms with Crippen LogP contribution in [0.15, 0.2) is 0 Å². The Hall–Kier alpha value is -1.81. The van der Waals surface area contributed by atoms with Crippen molar-refractivity contribution in [1.82, 2.24) is 30.4 Å². The van der Waals surface area contributed by atoms with Crippen molar-refractivity contribution in [2.24, 2.45) is 69.5 Å². The summed E-state index contributed by atoms with van der Waals surface area (Å²) < 4.78 is 6.23. The summed E-state index contributed by atoms with van der Waals surface area (Å²) in [5.41, 5.74) is 12.3. The average molecular weight is 931 g/mol. The maximum Gasteiger partial charge on any atom is 0.226 e. The molecule has 2 aromatic rings. The second-order valence-corrected chi connectivity index (χ2v) is 31.3. The first-order valence-electron chi connectivity index (χ1n) is 30.7. The van der Waals surface area contributed by atoms with Gasteiger partial charge >= 0.3 is 0 Å². The average Bonchev–Trinajstić information content (AvgIpc) is 4.24. The second kappa shape index (κ2) is 11.9. The standard InChI is InChI=1S/C59H77B3N8/c1-56(2,3)59(60,61)36-18-37-41-38(19-36)68-51-53(66-47-31-15-35-17-33-13-29(45(47)64-51)21-58(33,35)23-31)70-49-27-10-6-25(7-11-27)40(49)43(55(68)70)62(41)42-39-24-4-8-26(9-5-24)48(39)69-52-50(67(37)54(42)69)63-44-28-12-32-16-34-14-30(46(44)65-52)22-57(32,34)20-28/h24-38,41,44-47,50-53,63-66H,4-23H2,1-3H3. The summed E-state index contributed by atoms with van der Waals surface area (Å²) in [6.45, 7) is 7.54. The molecule has 23 rings (SSSR count). The molecule has 2 spiro atoms. The van der Waals surface area contributed by atoms with Gasteiger partial charge in [0.25, 0.3) is 0 Å². The maximum absolute atomic E-state index is 7.83. The highest BCUT2D eigenvalue weighted by molar-refractivity contribution is 6.90. The lowest BCUT2D eigenvalue weighted by Crippen LogP contribution is -2.77. The number of rotatable bonds is 1. The predicted octanol–water partition coefficient (Wildman–Crippen LogP) is 7.51. The molecule has 362 valence electrons. The maximum atomic E-state index is 7.83. The first kappa shape index (κ1) is 39.6. The van der Waals surface area contributed by atoms with E-state index in [2.05, 4.69) is 39.7 Å². The first-order valence-corrected chi connectivity index (χ1v) is 30.7. The molecule has 8 heterocycles. The number of anilines is 2. The Balaban J connectivity index is 0.803. The molecule has 2 aromatic heterocycles. The lowest BCUT2D eigenvalue weighted by Gasteiger charge is -2.63. The van der Waals surface area contributed by atoms with E-state index in [1.165, 1.54) is 116 Å². The van der Waals surface area contributed by atoms with Gasteiger partial charge in [0.1, 0.15) is 36.3 Å². The van der Waals surface area contributed by atoms with Crippen molar-refractivity contribution in [3.8, 4) is 0 Å². The quantitative estimate of drug-likeness (QED) is 0.223. The van der Waals surface area contributed by atoms with Crippen LogP contribution < -0.4 is 42.0 Å². The highest BCUT2D eigenvalue weighted by Crippen LogP contribution is 2.76. The molecule has 4 N–H and O–H groups in total. The van der Waals surface area contributed by atoms with Crippen molar-refractivity contribution >= 4 is 45.0 Å². The summed E-state index contributed by atoms with van der Waals surface area (Å²) >= 11 is 0. The van der Waals surface area contributed by atoms with E-state index in [0.717, 1.165) is 72.0 Å². The van der Waals surface area contributed by atoms with Crippen LogP contribution in [0.4, 0.5) is 11.6 Å². The van der Waals surface area contributed by atoms with Gasteiger partial charge in [0.2, 0.25) is 6.71 Å².